The van der Waals surface area contributed by atoms with Crippen LogP contribution in [0.25, 0.3) is 0 Å². The summed E-state index contributed by atoms with van der Waals surface area (Å²) >= 11 is 0. The Morgan fingerprint density at radius 1 is 1.17 bits per heavy atom. The van der Waals surface area contributed by atoms with Crippen molar-refractivity contribution in [3.63, 3.8) is 0 Å². The Balaban J connectivity index is 2.17. The number of amides is 4. The molecule has 0 spiro atoms. The number of urea groups is 1. The molecule has 1 fully saturated rings. The van der Waals surface area contributed by atoms with Gasteiger partial charge in [0.2, 0.25) is 11.8 Å². The Morgan fingerprint density at radius 2 is 1.78 bits per heavy atom. The third-order valence-corrected chi connectivity index (χ3v) is 2.36. The van der Waals surface area contributed by atoms with E-state index in [9.17, 15) is 14.4 Å². The van der Waals surface area contributed by atoms with E-state index in [1.54, 1.807) is 18.9 Å². The summed E-state index contributed by atoms with van der Waals surface area (Å²) in [6, 6.07) is -0.201. The van der Waals surface area contributed by atoms with Gasteiger partial charge in [-0.3, -0.25) is 19.8 Å². The van der Waals surface area contributed by atoms with Crippen molar-refractivity contribution in [2.24, 2.45) is 0 Å². The molecule has 0 bridgehead atoms. The molecule has 102 valence electrons. The highest BCUT2D eigenvalue weighted by atomic mass is 16.2. The topological polar surface area (TPSA) is 90.5 Å². The molecule has 0 heterocycles. The zero-order chi connectivity index (χ0) is 13.5. The third-order valence-electron chi connectivity index (χ3n) is 2.36. The molecule has 0 radical (unpaired) electrons. The summed E-state index contributed by atoms with van der Waals surface area (Å²) in [5.74, 6) is -0.520. The van der Waals surface area contributed by atoms with Crippen LogP contribution < -0.4 is 16.0 Å². The Bertz CT molecular complexity index is 328. The second kappa shape index (κ2) is 6.95. The van der Waals surface area contributed by atoms with E-state index in [2.05, 4.69) is 16.0 Å². The molecule has 0 unspecified atom stereocenters. The fourth-order valence-corrected chi connectivity index (χ4v) is 1.42. The number of hydrogen-bond donors (Lipinski definition) is 3. The van der Waals surface area contributed by atoms with Crippen molar-refractivity contribution >= 4 is 17.8 Å². The maximum absolute atomic E-state index is 11.4. The van der Waals surface area contributed by atoms with Crippen molar-refractivity contribution in [1.82, 2.24) is 20.9 Å². The highest BCUT2D eigenvalue weighted by Gasteiger charge is 2.23. The average Bonchev–Trinajstić information content (AvgIpc) is 3.00. The SMILES string of the molecule is CCNC(=O)NC(=O)CN(C)CC(=O)NC1CC1. The quantitative estimate of drug-likeness (QED) is 0.571. The molecule has 1 aliphatic carbocycles. The summed E-state index contributed by atoms with van der Waals surface area (Å²) in [5, 5.41) is 7.46. The van der Waals surface area contributed by atoms with E-state index in [1.807, 2.05) is 0 Å². The lowest BCUT2D eigenvalue weighted by Gasteiger charge is -2.15. The van der Waals surface area contributed by atoms with Crippen molar-refractivity contribution in [3.8, 4) is 0 Å². The molecule has 0 aromatic heterocycles. The summed E-state index contributed by atoms with van der Waals surface area (Å²) in [6.45, 7) is 2.38. The van der Waals surface area contributed by atoms with Gasteiger partial charge in [0, 0.05) is 12.6 Å². The molecule has 0 aliphatic heterocycles. The van der Waals surface area contributed by atoms with Crippen LogP contribution in [-0.2, 0) is 9.59 Å². The minimum atomic E-state index is -0.515. The van der Waals surface area contributed by atoms with E-state index in [-0.39, 0.29) is 19.0 Å². The van der Waals surface area contributed by atoms with Gasteiger partial charge < -0.3 is 10.6 Å². The van der Waals surface area contributed by atoms with Gasteiger partial charge in [-0.25, -0.2) is 4.79 Å². The molecule has 1 saturated carbocycles. The first-order valence-electron chi connectivity index (χ1n) is 6.06. The molecule has 0 saturated heterocycles. The number of imide groups is 1. The average molecular weight is 256 g/mol. The van der Waals surface area contributed by atoms with Gasteiger partial charge in [-0.2, -0.15) is 0 Å². The van der Waals surface area contributed by atoms with E-state index < -0.39 is 11.9 Å². The predicted molar refractivity (Wildman–Crippen MR) is 65.9 cm³/mol. The lowest BCUT2D eigenvalue weighted by molar-refractivity contribution is -0.124. The molecule has 0 aromatic carbocycles. The fourth-order valence-electron chi connectivity index (χ4n) is 1.42. The molecule has 0 atom stereocenters. The van der Waals surface area contributed by atoms with Gasteiger partial charge in [0.05, 0.1) is 13.1 Å². The third kappa shape index (κ3) is 6.19. The first kappa shape index (κ1) is 14.4. The van der Waals surface area contributed by atoms with E-state index >= 15 is 0 Å². The Morgan fingerprint density at radius 3 is 2.33 bits per heavy atom. The van der Waals surface area contributed by atoms with Crippen LogP contribution >= 0.6 is 0 Å². The fraction of sp³-hybridized carbons (Fsp3) is 0.727. The van der Waals surface area contributed by atoms with Crippen molar-refractivity contribution < 1.29 is 14.4 Å². The zero-order valence-corrected chi connectivity index (χ0v) is 10.8. The first-order chi connectivity index (χ1) is 8.51. The van der Waals surface area contributed by atoms with Crippen molar-refractivity contribution in [1.29, 1.82) is 0 Å². The lowest BCUT2D eigenvalue weighted by atomic mass is 10.4. The van der Waals surface area contributed by atoms with Gasteiger partial charge in [-0.05, 0) is 26.8 Å². The first-order valence-corrected chi connectivity index (χ1v) is 6.06. The molecule has 4 amide bonds. The minimum absolute atomic E-state index is 0.00915. The molecule has 3 N–H and O–H groups in total. The van der Waals surface area contributed by atoms with Gasteiger partial charge in [0.25, 0.3) is 0 Å². The van der Waals surface area contributed by atoms with Gasteiger partial charge >= 0.3 is 6.03 Å². The van der Waals surface area contributed by atoms with Crippen molar-refractivity contribution in [2.45, 2.75) is 25.8 Å². The Labute approximate surface area is 106 Å². The predicted octanol–water partition coefficient (Wildman–Crippen LogP) is -0.957. The minimum Gasteiger partial charge on any atom is -0.352 e. The molecule has 7 heteroatoms. The molecular formula is C11H20N4O3. The number of rotatable bonds is 6. The summed E-state index contributed by atoms with van der Waals surface area (Å²) in [4.78, 5) is 35.5. The van der Waals surface area contributed by atoms with Crippen LogP contribution in [-0.4, -0.2) is 55.5 Å². The smallest absolute Gasteiger partial charge is 0.321 e. The number of likely N-dealkylation sites (N-methyl/N-ethyl adjacent to an activating group) is 1. The number of nitrogens with zero attached hydrogens (tertiary/aromatic N) is 1. The molecule has 1 aliphatic rings. The Hall–Kier alpha value is -1.63. The maximum atomic E-state index is 11.4. The summed E-state index contributed by atoms with van der Waals surface area (Å²) in [6.07, 6.45) is 2.07. The van der Waals surface area contributed by atoms with Crippen LogP contribution in [0, 0.1) is 0 Å². The van der Waals surface area contributed by atoms with Crippen LogP contribution in [0.3, 0.4) is 0 Å². The van der Waals surface area contributed by atoms with Crippen LogP contribution in [0.5, 0.6) is 0 Å². The summed E-state index contributed by atoms with van der Waals surface area (Å²) in [5.41, 5.74) is 0. The van der Waals surface area contributed by atoms with E-state index in [0.29, 0.717) is 12.6 Å². The number of carbonyl (C=O) groups excluding carboxylic acids is 3. The standard InChI is InChI=1S/C11H20N4O3/c1-3-12-11(18)14-10(17)7-15(2)6-9(16)13-8-4-5-8/h8H,3-7H2,1-2H3,(H,13,16)(H2,12,14,17,18). The van der Waals surface area contributed by atoms with E-state index in [1.165, 1.54) is 0 Å². The summed E-state index contributed by atoms with van der Waals surface area (Å²) in [7, 11) is 1.66. The van der Waals surface area contributed by atoms with Gasteiger partial charge in [0.15, 0.2) is 0 Å². The van der Waals surface area contributed by atoms with Crippen LogP contribution in [0.1, 0.15) is 19.8 Å². The second-order valence-corrected chi connectivity index (χ2v) is 4.42. The lowest BCUT2D eigenvalue weighted by Crippen LogP contribution is -2.45. The zero-order valence-electron chi connectivity index (χ0n) is 10.8. The molecule has 1 rings (SSSR count). The highest BCUT2D eigenvalue weighted by molar-refractivity contribution is 5.95. The van der Waals surface area contributed by atoms with Crippen LogP contribution in [0.15, 0.2) is 0 Å². The molecule has 18 heavy (non-hydrogen) atoms. The molecule has 0 aromatic rings. The van der Waals surface area contributed by atoms with Crippen LogP contribution in [0.2, 0.25) is 0 Å². The number of hydrogen-bond acceptors (Lipinski definition) is 4. The monoisotopic (exact) mass is 256 g/mol. The normalized spacial score (nSPS) is 14.2. The number of carbonyl (C=O) groups is 3. The largest absolute Gasteiger partial charge is 0.352 e. The molecule has 7 nitrogen and oxygen atoms in total. The van der Waals surface area contributed by atoms with Gasteiger partial charge in [0.1, 0.15) is 0 Å². The van der Waals surface area contributed by atoms with Crippen molar-refractivity contribution in [3.05, 3.63) is 0 Å². The van der Waals surface area contributed by atoms with Crippen molar-refractivity contribution in [2.75, 3.05) is 26.7 Å². The highest BCUT2D eigenvalue weighted by Crippen LogP contribution is 2.18. The van der Waals surface area contributed by atoms with Gasteiger partial charge in [-0.15, -0.1) is 0 Å². The number of nitrogens with one attached hydrogen (secondary N) is 3. The molecular weight excluding hydrogens is 236 g/mol. The van der Waals surface area contributed by atoms with Gasteiger partial charge in [-0.1, -0.05) is 0 Å². The van der Waals surface area contributed by atoms with E-state index in [0.717, 1.165) is 12.8 Å². The van der Waals surface area contributed by atoms with E-state index in [4.69, 9.17) is 0 Å². The van der Waals surface area contributed by atoms with Crippen LogP contribution in [0.4, 0.5) is 4.79 Å². The Kier molecular flexibility index (Phi) is 5.57. The maximum Gasteiger partial charge on any atom is 0.321 e. The summed E-state index contributed by atoms with van der Waals surface area (Å²) < 4.78 is 0. The second-order valence-electron chi connectivity index (χ2n) is 4.42.